The van der Waals surface area contributed by atoms with E-state index in [1.807, 2.05) is 50.4 Å². The van der Waals surface area contributed by atoms with Gasteiger partial charge >= 0.3 is 0 Å². The number of anilines is 2. The highest BCUT2D eigenvalue weighted by atomic mass is 15.3. The zero-order chi connectivity index (χ0) is 21.2. The third-order valence-electron chi connectivity index (χ3n) is 5.35. The van der Waals surface area contributed by atoms with Crippen molar-refractivity contribution in [1.82, 2.24) is 29.7 Å². The monoisotopic (exact) mass is 412 g/mol. The number of hydrogen-bond acceptors (Lipinski definition) is 7. The summed E-state index contributed by atoms with van der Waals surface area (Å²) in [5.41, 5.74) is 2.28. The van der Waals surface area contributed by atoms with Gasteiger partial charge in [-0.3, -0.25) is 4.68 Å². The summed E-state index contributed by atoms with van der Waals surface area (Å²) in [6.07, 6.45) is 2.74. The lowest BCUT2D eigenvalue weighted by Gasteiger charge is -2.13. The van der Waals surface area contributed by atoms with Crippen LogP contribution in [-0.2, 0) is 7.05 Å². The molecule has 1 aliphatic carbocycles. The van der Waals surface area contributed by atoms with Gasteiger partial charge in [0.25, 0.3) is 0 Å². The molecule has 1 saturated carbocycles. The largest absolute Gasteiger partial charge is 0.351 e. The lowest BCUT2D eigenvalue weighted by atomic mass is 10.1. The average molecular weight is 413 g/mol. The minimum absolute atomic E-state index is 0.141. The minimum Gasteiger partial charge on any atom is -0.351 e. The van der Waals surface area contributed by atoms with Crippen molar-refractivity contribution < 1.29 is 0 Å². The van der Waals surface area contributed by atoms with Crippen LogP contribution in [0.2, 0.25) is 0 Å². The molecule has 1 unspecified atom stereocenters. The van der Waals surface area contributed by atoms with E-state index in [2.05, 4.69) is 59.9 Å². The summed E-state index contributed by atoms with van der Waals surface area (Å²) in [6.45, 7) is 1.99. The Morgan fingerprint density at radius 1 is 0.935 bits per heavy atom. The molecule has 0 saturated heterocycles. The van der Waals surface area contributed by atoms with Crippen molar-refractivity contribution in [3.05, 3.63) is 78.4 Å². The van der Waals surface area contributed by atoms with E-state index in [9.17, 15) is 0 Å². The summed E-state index contributed by atoms with van der Waals surface area (Å²) in [4.78, 5) is 18.3. The average Bonchev–Trinajstić information content (AvgIpc) is 3.42. The Labute approximate surface area is 180 Å². The highest BCUT2D eigenvalue weighted by Crippen LogP contribution is 2.42. The summed E-state index contributed by atoms with van der Waals surface area (Å²) in [6, 6.07) is 20.6. The molecule has 3 atom stereocenters. The Morgan fingerprint density at radius 2 is 1.65 bits per heavy atom. The number of nitrogens with one attached hydrogen (secondary N) is 2. The van der Waals surface area contributed by atoms with Gasteiger partial charge in [-0.15, -0.1) is 0 Å². The van der Waals surface area contributed by atoms with E-state index in [4.69, 9.17) is 0 Å². The van der Waals surface area contributed by atoms with Crippen LogP contribution in [0.5, 0.6) is 0 Å². The zero-order valence-corrected chi connectivity index (χ0v) is 17.5. The molecule has 2 aromatic heterocycles. The maximum Gasteiger partial charge on any atom is 0.228 e. The standard InChI is InChI=1S/C23H24N8/c1-15(20-24-14-31(2)30-20)25-22-27-21(17-11-7-4-8-12-17)28-23(29-22)26-19-13-18(19)16-9-5-3-6-10-16/h3-12,14-15,18-19H,13H2,1-2H3,(H2,25,26,27,28,29)/t15?,18-,19+/m0/s1. The molecule has 1 fully saturated rings. The predicted molar refractivity (Wildman–Crippen MR) is 120 cm³/mol. The van der Waals surface area contributed by atoms with Crippen LogP contribution in [0.15, 0.2) is 67.0 Å². The molecule has 0 amide bonds. The zero-order valence-electron chi connectivity index (χ0n) is 17.5. The molecule has 5 rings (SSSR count). The summed E-state index contributed by atoms with van der Waals surface area (Å²) < 4.78 is 1.68. The third-order valence-corrected chi connectivity index (χ3v) is 5.35. The van der Waals surface area contributed by atoms with E-state index in [-0.39, 0.29) is 6.04 Å². The van der Waals surface area contributed by atoms with Crippen LogP contribution in [0.3, 0.4) is 0 Å². The molecule has 2 heterocycles. The van der Waals surface area contributed by atoms with Crippen molar-refractivity contribution in [2.24, 2.45) is 7.05 Å². The van der Waals surface area contributed by atoms with Crippen molar-refractivity contribution in [3.63, 3.8) is 0 Å². The first-order valence-electron chi connectivity index (χ1n) is 10.4. The maximum absolute atomic E-state index is 4.69. The van der Waals surface area contributed by atoms with Gasteiger partial charge in [0, 0.05) is 24.6 Å². The van der Waals surface area contributed by atoms with E-state index < -0.39 is 0 Å². The second kappa shape index (κ2) is 8.14. The first-order chi connectivity index (χ1) is 15.2. The molecular formula is C23H24N8. The number of aromatic nitrogens is 6. The summed E-state index contributed by atoms with van der Waals surface area (Å²) >= 11 is 0. The van der Waals surface area contributed by atoms with Crippen molar-refractivity contribution in [3.8, 4) is 11.4 Å². The molecule has 0 radical (unpaired) electrons. The van der Waals surface area contributed by atoms with E-state index in [1.54, 1.807) is 11.0 Å². The normalized spacial score (nSPS) is 18.4. The lowest BCUT2D eigenvalue weighted by Crippen LogP contribution is -2.15. The first kappa shape index (κ1) is 19.2. The van der Waals surface area contributed by atoms with Gasteiger partial charge in [-0.25, -0.2) is 4.98 Å². The van der Waals surface area contributed by atoms with Gasteiger partial charge in [0.1, 0.15) is 6.33 Å². The molecule has 2 aromatic carbocycles. The van der Waals surface area contributed by atoms with Crippen LogP contribution >= 0.6 is 0 Å². The molecular weight excluding hydrogens is 388 g/mol. The molecule has 8 heteroatoms. The molecule has 0 spiro atoms. The molecule has 31 heavy (non-hydrogen) atoms. The minimum atomic E-state index is -0.141. The molecule has 2 N–H and O–H groups in total. The molecule has 0 bridgehead atoms. The van der Waals surface area contributed by atoms with Gasteiger partial charge < -0.3 is 10.6 Å². The number of benzene rings is 2. The van der Waals surface area contributed by atoms with Crippen molar-refractivity contribution in [2.75, 3.05) is 10.6 Å². The molecule has 1 aliphatic rings. The van der Waals surface area contributed by atoms with Crippen LogP contribution in [0.4, 0.5) is 11.9 Å². The fourth-order valence-corrected chi connectivity index (χ4v) is 3.62. The number of hydrogen-bond donors (Lipinski definition) is 2. The lowest BCUT2D eigenvalue weighted by molar-refractivity contribution is 0.711. The smallest absolute Gasteiger partial charge is 0.228 e. The second-order valence-corrected chi connectivity index (χ2v) is 7.82. The van der Waals surface area contributed by atoms with E-state index in [0.717, 1.165) is 12.0 Å². The fraction of sp³-hybridized carbons (Fsp3) is 0.261. The molecule has 0 aliphatic heterocycles. The maximum atomic E-state index is 4.69. The number of aryl methyl sites for hydroxylation is 1. The Kier molecular flexibility index (Phi) is 5.03. The van der Waals surface area contributed by atoms with E-state index in [0.29, 0.717) is 35.5 Å². The number of nitrogens with zero attached hydrogens (tertiary/aromatic N) is 6. The van der Waals surface area contributed by atoms with Crippen LogP contribution in [0.25, 0.3) is 11.4 Å². The highest BCUT2D eigenvalue weighted by Gasteiger charge is 2.39. The molecule has 8 nitrogen and oxygen atoms in total. The van der Waals surface area contributed by atoms with Gasteiger partial charge in [0.05, 0.1) is 6.04 Å². The summed E-state index contributed by atoms with van der Waals surface area (Å²) in [7, 11) is 1.85. The van der Waals surface area contributed by atoms with Crippen LogP contribution in [-0.4, -0.2) is 35.8 Å². The summed E-state index contributed by atoms with van der Waals surface area (Å²) in [5.74, 6) is 2.85. The van der Waals surface area contributed by atoms with Crippen LogP contribution in [0, 0.1) is 0 Å². The van der Waals surface area contributed by atoms with Crippen LogP contribution in [0.1, 0.15) is 36.7 Å². The first-order valence-corrected chi connectivity index (χ1v) is 10.4. The topological polar surface area (TPSA) is 93.4 Å². The van der Waals surface area contributed by atoms with Gasteiger partial charge in [-0.2, -0.15) is 20.1 Å². The Bertz CT molecular complexity index is 1160. The summed E-state index contributed by atoms with van der Waals surface area (Å²) in [5, 5.41) is 11.2. The third kappa shape index (κ3) is 4.37. The fourth-order valence-electron chi connectivity index (χ4n) is 3.62. The van der Waals surface area contributed by atoms with E-state index >= 15 is 0 Å². The van der Waals surface area contributed by atoms with Gasteiger partial charge in [-0.05, 0) is 18.9 Å². The second-order valence-electron chi connectivity index (χ2n) is 7.82. The van der Waals surface area contributed by atoms with Crippen molar-refractivity contribution in [1.29, 1.82) is 0 Å². The quantitative estimate of drug-likeness (QED) is 0.477. The predicted octanol–water partition coefficient (Wildman–Crippen LogP) is 3.81. The number of rotatable bonds is 7. The Balaban J connectivity index is 1.40. The molecule has 4 aromatic rings. The van der Waals surface area contributed by atoms with E-state index in [1.165, 1.54) is 5.56 Å². The van der Waals surface area contributed by atoms with Gasteiger partial charge in [-0.1, -0.05) is 60.7 Å². The molecule has 156 valence electrons. The SMILES string of the molecule is CC(Nc1nc(N[C@@H]2C[C@H]2c2ccccc2)nc(-c2ccccc2)n1)c1ncn(C)n1. The Hall–Kier alpha value is -3.81. The van der Waals surface area contributed by atoms with Crippen molar-refractivity contribution in [2.45, 2.75) is 31.3 Å². The Morgan fingerprint density at radius 3 is 2.35 bits per heavy atom. The highest BCUT2D eigenvalue weighted by molar-refractivity contribution is 5.58. The van der Waals surface area contributed by atoms with Gasteiger partial charge in [0.2, 0.25) is 11.9 Å². The van der Waals surface area contributed by atoms with Gasteiger partial charge in [0.15, 0.2) is 11.6 Å². The van der Waals surface area contributed by atoms with Crippen molar-refractivity contribution >= 4 is 11.9 Å². The van der Waals surface area contributed by atoms with Crippen LogP contribution < -0.4 is 10.6 Å².